The van der Waals surface area contributed by atoms with Crippen molar-refractivity contribution in [3.8, 4) is 0 Å². The van der Waals surface area contributed by atoms with Gasteiger partial charge in [0.2, 0.25) is 23.6 Å². The second-order valence-corrected chi connectivity index (χ2v) is 10.7. The largest absolute Gasteiger partial charge is 0.341 e. The van der Waals surface area contributed by atoms with E-state index in [4.69, 9.17) is 0 Å². The highest BCUT2D eigenvalue weighted by atomic mass is 16.2. The van der Waals surface area contributed by atoms with Crippen molar-refractivity contribution in [2.75, 3.05) is 39.3 Å². The highest BCUT2D eigenvalue weighted by Crippen LogP contribution is 2.10. The Labute approximate surface area is 250 Å². The summed E-state index contributed by atoms with van der Waals surface area (Å²) in [5.74, 6) is -0.247. The van der Waals surface area contributed by atoms with Gasteiger partial charge in [0.1, 0.15) is 13.1 Å². The van der Waals surface area contributed by atoms with Crippen LogP contribution in [0.15, 0.2) is 60.7 Å². The summed E-state index contributed by atoms with van der Waals surface area (Å²) in [5.41, 5.74) is 8.24. The number of amides is 4. The minimum Gasteiger partial charge on any atom is -0.341 e. The van der Waals surface area contributed by atoms with Gasteiger partial charge in [-0.25, -0.2) is 10.9 Å². The number of hydrogen-bond donors (Lipinski definition) is 2. The number of hydrogen-bond acceptors (Lipinski definition) is 6. The molecule has 10 heteroatoms. The van der Waals surface area contributed by atoms with Crippen LogP contribution in [0.1, 0.15) is 63.5 Å². The summed E-state index contributed by atoms with van der Waals surface area (Å²) in [6.45, 7) is 7.45. The van der Waals surface area contributed by atoms with Crippen molar-refractivity contribution in [1.82, 2.24) is 30.7 Å². The number of likely N-dealkylation sites (tertiary alicyclic amines) is 2. The van der Waals surface area contributed by atoms with E-state index >= 15 is 0 Å². The summed E-state index contributed by atoms with van der Waals surface area (Å²) in [5, 5.41) is 2.81. The van der Waals surface area contributed by atoms with Crippen LogP contribution in [0.5, 0.6) is 0 Å². The van der Waals surface area contributed by atoms with E-state index in [1.807, 2.05) is 70.5 Å². The summed E-state index contributed by atoms with van der Waals surface area (Å²) >= 11 is 0. The average Bonchev–Trinajstić information content (AvgIpc) is 3.03. The van der Waals surface area contributed by atoms with Crippen LogP contribution >= 0.6 is 0 Å². The standard InChI is InChI=1S/2C16H23N3O2/c2*1-14(20)19(17-12-15-8-4-2-5-9-15)13-16(21)18-10-6-3-7-11-18/h2*2,4-5,8-9,17H,3,6-7,10-13H2,1H3. The maximum Gasteiger partial charge on any atom is 0.243 e. The van der Waals surface area contributed by atoms with Gasteiger partial charge >= 0.3 is 0 Å². The molecule has 2 aromatic carbocycles. The number of nitrogens with one attached hydrogen (secondary N) is 2. The lowest BCUT2D eigenvalue weighted by Gasteiger charge is -2.29. The van der Waals surface area contributed by atoms with E-state index in [9.17, 15) is 19.2 Å². The minimum atomic E-state index is -0.142. The zero-order valence-corrected chi connectivity index (χ0v) is 25.1. The molecule has 2 aliphatic heterocycles. The molecule has 0 radical (unpaired) electrons. The fourth-order valence-corrected chi connectivity index (χ4v) is 4.88. The van der Waals surface area contributed by atoms with Gasteiger partial charge in [0.05, 0.1) is 0 Å². The number of rotatable bonds is 10. The van der Waals surface area contributed by atoms with Crippen LogP contribution in [0.3, 0.4) is 0 Å². The highest BCUT2D eigenvalue weighted by molar-refractivity contribution is 5.84. The number of piperidine rings is 2. The summed E-state index contributed by atoms with van der Waals surface area (Å²) in [7, 11) is 0. The maximum atomic E-state index is 12.2. The van der Waals surface area contributed by atoms with E-state index in [-0.39, 0.29) is 36.7 Å². The quantitative estimate of drug-likeness (QED) is 0.420. The Morgan fingerprint density at radius 3 is 1.21 bits per heavy atom. The smallest absolute Gasteiger partial charge is 0.243 e. The average molecular weight is 579 g/mol. The Kier molecular flexibility index (Phi) is 14.0. The fourth-order valence-electron chi connectivity index (χ4n) is 4.88. The third-order valence-corrected chi connectivity index (χ3v) is 7.40. The molecule has 10 nitrogen and oxygen atoms in total. The monoisotopic (exact) mass is 578 g/mol. The van der Waals surface area contributed by atoms with E-state index < -0.39 is 0 Å². The van der Waals surface area contributed by atoms with Crippen LogP contribution in [0, 0.1) is 0 Å². The topological polar surface area (TPSA) is 105 Å². The molecule has 0 saturated carbocycles. The predicted molar refractivity (Wildman–Crippen MR) is 162 cm³/mol. The predicted octanol–water partition coefficient (Wildman–Crippen LogP) is 3.10. The SMILES string of the molecule is CC(=O)N(CC(=O)N1CCCCC1)NCc1ccccc1.CC(=O)N(CC(=O)N1CCCCC1)NCc1ccccc1. The van der Waals surface area contributed by atoms with E-state index in [0.717, 1.165) is 63.0 Å². The van der Waals surface area contributed by atoms with Crippen molar-refractivity contribution in [2.45, 2.75) is 65.5 Å². The van der Waals surface area contributed by atoms with Gasteiger partial charge in [-0.1, -0.05) is 60.7 Å². The maximum absolute atomic E-state index is 12.2. The van der Waals surface area contributed by atoms with Crippen LogP contribution in [0.2, 0.25) is 0 Å². The summed E-state index contributed by atoms with van der Waals surface area (Å²) in [6.07, 6.45) is 6.61. The summed E-state index contributed by atoms with van der Waals surface area (Å²) < 4.78 is 0. The van der Waals surface area contributed by atoms with Gasteiger partial charge in [-0.05, 0) is 49.7 Å². The Morgan fingerprint density at radius 1 is 0.571 bits per heavy atom. The number of benzene rings is 2. The van der Waals surface area contributed by atoms with E-state index in [0.29, 0.717) is 13.1 Å². The van der Waals surface area contributed by atoms with E-state index in [1.165, 1.54) is 36.7 Å². The van der Waals surface area contributed by atoms with Gasteiger partial charge < -0.3 is 9.80 Å². The van der Waals surface area contributed by atoms with Crippen LogP contribution in [0.4, 0.5) is 0 Å². The van der Waals surface area contributed by atoms with Gasteiger partial charge in [0.15, 0.2) is 0 Å². The van der Waals surface area contributed by atoms with Crippen molar-refractivity contribution in [2.24, 2.45) is 0 Å². The normalized spacial score (nSPS) is 14.8. The van der Waals surface area contributed by atoms with Crippen molar-refractivity contribution in [3.63, 3.8) is 0 Å². The van der Waals surface area contributed by atoms with Gasteiger partial charge in [-0.2, -0.15) is 0 Å². The van der Waals surface area contributed by atoms with Crippen molar-refractivity contribution < 1.29 is 19.2 Å². The Morgan fingerprint density at radius 2 is 0.905 bits per heavy atom. The Bertz CT molecular complexity index is 1030. The second-order valence-electron chi connectivity index (χ2n) is 10.7. The molecule has 0 spiro atoms. The molecule has 42 heavy (non-hydrogen) atoms. The molecule has 0 aliphatic carbocycles. The molecule has 0 unspecified atom stereocenters. The summed E-state index contributed by atoms with van der Waals surface area (Å²) in [4.78, 5) is 51.5. The van der Waals surface area contributed by atoms with Gasteiger partial charge in [-0.15, -0.1) is 0 Å². The number of carbonyl (C=O) groups excluding carboxylic acids is 4. The molecular weight excluding hydrogens is 532 g/mol. The lowest BCUT2D eigenvalue weighted by Crippen LogP contribution is -2.49. The van der Waals surface area contributed by atoms with E-state index in [1.54, 1.807) is 0 Å². The van der Waals surface area contributed by atoms with Crippen LogP contribution in [0.25, 0.3) is 0 Å². The molecule has 0 atom stereocenters. The molecule has 4 rings (SSSR count). The van der Waals surface area contributed by atoms with Gasteiger partial charge in [0.25, 0.3) is 0 Å². The highest BCUT2D eigenvalue weighted by Gasteiger charge is 2.22. The molecular formula is C32H46N6O4. The second kappa shape index (κ2) is 17.9. The van der Waals surface area contributed by atoms with Crippen molar-refractivity contribution >= 4 is 23.6 Å². The fraction of sp³-hybridized carbons (Fsp3) is 0.500. The van der Waals surface area contributed by atoms with Crippen LogP contribution in [-0.4, -0.2) is 82.7 Å². The first-order chi connectivity index (χ1) is 20.3. The lowest BCUT2D eigenvalue weighted by atomic mass is 10.1. The molecule has 2 aromatic rings. The van der Waals surface area contributed by atoms with Crippen molar-refractivity contribution in [1.29, 1.82) is 0 Å². The molecule has 2 N–H and O–H groups in total. The zero-order chi connectivity index (χ0) is 30.2. The van der Waals surface area contributed by atoms with E-state index in [2.05, 4.69) is 10.9 Å². The molecule has 2 heterocycles. The molecule has 228 valence electrons. The van der Waals surface area contributed by atoms with Crippen LogP contribution in [-0.2, 0) is 32.3 Å². The van der Waals surface area contributed by atoms with Gasteiger partial charge in [-0.3, -0.25) is 29.2 Å². The first-order valence-electron chi connectivity index (χ1n) is 15.0. The minimum absolute atomic E-state index is 0.0189. The molecule has 2 fully saturated rings. The molecule has 2 saturated heterocycles. The third-order valence-electron chi connectivity index (χ3n) is 7.40. The van der Waals surface area contributed by atoms with Crippen LogP contribution < -0.4 is 10.9 Å². The molecule has 2 aliphatic rings. The first kappa shape index (κ1) is 32.8. The first-order valence-corrected chi connectivity index (χ1v) is 15.0. The Hall–Kier alpha value is -3.76. The molecule has 4 amide bonds. The molecule has 0 aromatic heterocycles. The number of nitrogens with zero attached hydrogens (tertiary/aromatic N) is 4. The summed E-state index contributed by atoms with van der Waals surface area (Å²) in [6, 6.07) is 19.6. The third kappa shape index (κ3) is 11.6. The Balaban J connectivity index is 0.000000230. The zero-order valence-electron chi connectivity index (χ0n) is 25.1. The van der Waals surface area contributed by atoms with Crippen molar-refractivity contribution in [3.05, 3.63) is 71.8 Å². The van der Waals surface area contributed by atoms with Gasteiger partial charge in [0, 0.05) is 53.1 Å². The number of carbonyl (C=O) groups is 4. The lowest BCUT2D eigenvalue weighted by molar-refractivity contribution is -0.142. The number of hydrazine groups is 2. The molecule has 0 bridgehead atoms.